The molecule has 5 nitrogen and oxygen atoms in total. The third-order valence-corrected chi connectivity index (χ3v) is 5.66. The zero-order valence-corrected chi connectivity index (χ0v) is 18.8. The second kappa shape index (κ2) is 9.60. The van der Waals surface area contributed by atoms with Gasteiger partial charge in [-0.1, -0.05) is 47.5 Å². The van der Waals surface area contributed by atoms with E-state index in [1.165, 1.54) is 16.7 Å². The topological polar surface area (TPSA) is 51.0 Å². The lowest BCUT2D eigenvalue weighted by Gasteiger charge is -2.23. The maximum Gasteiger partial charge on any atom is 0.254 e. The van der Waals surface area contributed by atoms with Gasteiger partial charge in [0.1, 0.15) is 5.82 Å². The van der Waals surface area contributed by atoms with Crippen LogP contribution >= 0.6 is 0 Å². The molecular formula is C27H28N4O. The zero-order chi connectivity index (χ0) is 22.5. The van der Waals surface area contributed by atoms with Gasteiger partial charge in [0.05, 0.1) is 6.54 Å². The molecule has 162 valence electrons. The van der Waals surface area contributed by atoms with E-state index in [-0.39, 0.29) is 5.91 Å². The van der Waals surface area contributed by atoms with Gasteiger partial charge in [-0.2, -0.15) is 0 Å². The number of hydrogen-bond donors (Lipinski definition) is 0. The molecular weight excluding hydrogens is 396 g/mol. The van der Waals surface area contributed by atoms with Gasteiger partial charge in [0.2, 0.25) is 0 Å². The molecule has 0 aliphatic rings. The molecule has 4 aromatic rings. The van der Waals surface area contributed by atoms with Crippen molar-refractivity contribution in [1.82, 2.24) is 19.4 Å². The molecule has 0 bridgehead atoms. The van der Waals surface area contributed by atoms with Crippen LogP contribution in [0.5, 0.6) is 0 Å². The number of benzene rings is 2. The summed E-state index contributed by atoms with van der Waals surface area (Å²) in [4.78, 5) is 24.1. The van der Waals surface area contributed by atoms with E-state index in [1.807, 2.05) is 54.4 Å². The van der Waals surface area contributed by atoms with Crippen molar-refractivity contribution in [2.75, 3.05) is 0 Å². The van der Waals surface area contributed by atoms with E-state index in [9.17, 15) is 4.79 Å². The third-order valence-electron chi connectivity index (χ3n) is 5.66. The highest BCUT2D eigenvalue weighted by atomic mass is 16.2. The first-order chi connectivity index (χ1) is 15.5. The van der Waals surface area contributed by atoms with Crippen molar-refractivity contribution in [3.05, 3.63) is 119 Å². The second-order valence-corrected chi connectivity index (χ2v) is 8.29. The molecule has 0 fully saturated rings. The summed E-state index contributed by atoms with van der Waals surface area (Å²) >= 11 is 0. The van der Waals surface area contributed by atoms with Crippen LogP contribution in [0.4, 0.5) is 0 Å². The van der Waals surface area contributed by atoms with Crippen molar-refractivity contribution in [2.24, 2.45) is 0 Å². The minimum Gasteiger partial charge on any atom is -0.329 e. The number of aryl methyl sites for hydroxylation is 3. The monoisotopic (exact) mass is 424 g/mol. The largest absolute Gasteiger partial charge is 0.329 e. The fourth-order valence-corrected chi connectivity index (χ4v) is 3.75. The number of carbonyl (C=O) groups excluding carboxylic acids is 1. The number of aromatic nitrogens is 3. The molecule has 2 heterocycles. The summed E-state index contributed by atoms with van der Waals surface area (Å²) in [6.45, 7) is 7.86. The second-order valence-electron chi connectivity index (χ2n) is 8.29. The van der Waals surface area contributed by atoms with Crippen LogP contribution in [0.15, 0.2) is 79.4 Å². The molecule has 2 aromatic heterocycles. The Hall–Kier alpha value is -3.73. The van der Waals surface area contributed by atoms with E-state index in [2.05, 4.69) is 46.6 Å². The average molecular weight is 425 g/mol. The lowest BCUT2D eigenvalue weighted by molar-refractivity contribution is 0.0723. The molecule has 0 unspecified atom stereocenters. The summed E-state index contributed by atoms with van der Waals surface area (Å²) in [5.74, 6) is 0.838. The molecule has 5 heteroatoms. The van der Waals surface area contributed by atoms with Crippen LogP contribution in [0.25, 0.3) is 0 Å². The molecule has 0 aliphatic heterocycles. The molecule has 32 heavy (non-hydrogen) atoms. The smallest absolute Gasteiger partial charge is 0.254 e. The Kier molecular flexibility index (Phi) is 6.45. The fourth-order valence-electron chi connectivity index (χ4n) is 3.75. The first-order valence-corrected chi connectivity index (χ1v) is 10.8. The van der Waals surface area contributed by atoms with Crippen LogP contribution in [0.3, 0.4) is 0 Å². The summed E-state index contributed by atoms with van der Waals surface area (Å²) in [6.07, 6.45) is 7.33. The Labute approximate surface area is 189 Å². The van der Waals surface area contributed by atoms with E-state index in [4.69, 9.17) is 0 Å². The zero-order valence-electron chi connectivity index (χ0n) is 18.8. The number of nitrogens with zero attached hydrogens (tertiary/aromatic N) is 4. The number of imidazole rings is 1. The lowest BCUT2D eigenvalue weighted by atomic mass is 10.1. The summed E-state index contributed by atoms with van der Waals surface area (Å²) in [7, 11) is 0. The molecule has 0 atom stereocenters. The van der Waals surface area contributed by atoms with Gasteiger partial charge in [-0.15, -0.1) is 0 Å². The normalized spacial score (nSPS) is 10.8. The van der Waals surface area contributed by atoms with Gasteiger partial charge in [0.15, 0.2) is 0 Å². The van der Waals surface area contributed by atoms with Crippen molar-refractivity contribution in [3.63, 3.8) is 0 Å². The van der Waals surface area contributed by atoms with Gasteiger partial charge in [-0.3, -0.25) is 9.78 Å². The molecule has 0 radical (unpaired) electrons. The van der Waals surface area contributed by atoms with Gasteiger partial charge in [-0.25, -0.2) is 4.98 Å². The first kappa shape index (κ1) is 21.5. The quantitative estimate of drug-likeness (QED) is 0.415. The number of pyridine rings is 1. The van der Waals surface area contributed by atoms with Crippen LogP contribution in [0, 0.1) is 20.8 Å². The number of rotatable bonds is 7. The minimum absolute atomic E-state index is 0.0184. The Morgan fingerprint density at radius 1 is 0.938 bits per heavy atom. The van der Waals surface area contributed by atoms with Crippen molar-refractivity contribution in [1.29, 1.82) is 0 Å². The lowest BCUT2D eigenvalue weighted by Crippen LogP contribution is -2.31. The Balaban J connectivity index is 1.61. The Morgan fingerprint density at radius 2 is 1.72 bits per heavy atom. The van der Waals surface area contributed by atoms with Gasteiger partial charge in [-0.05, 0) is 55.7 Å². The number of hydrogen-bond acceptors (Lipinski definition) is 3. The Bertz CT molecular complexity index is 1200. The van der Waals surface area contributed by atoms with Crippen molar-refractivity contribution < 1.29 is 4.79 Å². The molecule has 0 saturated carbocycles. The predicted octanol–water partition coefficient (Wildman–Crippen LogP) is 5.09. The molecule has 0 saturated heterocycles. The maximum absolute atomic E-state index is 13.4. The van der Waals surface area contributed by atoms with Crippen LogP contribution in [0.2, 0.25) is 0 Å². The standard InChI is InChI=1S/C27H28N4O/c1-20-7-10-24(11-8-20)27(32)31(17-23-5-4-12-28-16-23)19-26-29-13-14-30(26)18-25-15-21(2)6-9-22(25)3/h4-16H,17-19H2,1-3H3. The van der Waals surface area contributed by atoms with Gasteiger partial charge >= 0.3 is 0 Å². The van der Waals surface area contributed by atoms with Gasteiger partial charge in [0, 0.05) is 43.4 Å². The van der Waals surface area contributed by atoms with Crippen molar-refractivity contribution in [3.8, 4) is 0 Å². The predicted molar refractivity (Wildman–Crippen MR) is 126 cm³/mol. The van der Waals surface area contributed by atoms with E-state index < -0.39 is 0 Å². The van der Waals surface area contributed by atoms with Crippen LogP contribution in [0.1, 0.15) is 44.0 Å². The molecule has 4 rings (SSSR count). The van der Waals surface area contributed by atoms with Gasteiger partial charge in [0.25, 0.3) is 5.91 Å². The molecule has 0 N–H and O–H groups in total. The van der Waals surface area contributed by atoms with Gasteiger partial charge < -0.3 is 9.47 Å². The molecule has 1 amide bonds. The highest BCUT2D eigenvalue weighted by Crippen LogP contribution is 2.17. The van der Waals surface area contributed by atoms with Crippen LogP contribution in [-0.2, 0) is 19.6 Å². The molecule has 2 aromatic carbocycles. The molecule has 0 spiro atoms. The van der Waals surface area contributed by atoms with Crippen LogP contribution in [-0.4, -0.2) is 25.3 Å². The number of amides is 1. The summed E-state index contributed by atoms with van der Waals surface area (Å²) in [6, 6.07) is 18.1. The first-order valence-electron chi connectivity index (χ1n) is 10.8. The summed E-state index contributed by atoms with van der Waals surface area (Å²) in [5.41, 5.74) is 6.53. The van der Waals surface area contributed by atoms with Crippen molar-refractivity contribution >= 4 is 5.91 Å². The summed E-state index contributed by atoms with van der Waals surface area (Å²) in [5, 5.41) is 0. The summed E-state index contributed by atoms with van der Waals surface area (Å²) < 4.78 is 2.13. The van der Waals surface area contributed by atoms with Crippen molar-refractivity contribution in [2.45, 2.75) is 40.4 Å². The number of carbonyl (C=O) groups is 1. The maximum atomic E-state index is 13.4. The molecule has 0 aliphatic carbocycles. The van der Waals surface area contributed by atoms with E-state index in [0.29, 0.717) is 18.7 Å². The van der Waals surface area contributed by atoms with E-state index in [1.54, 1.807) is 18.6 Å². The third kappa shape index (κ3) is 5.11. The Morgan fingerprint density at radius 3 is 2.47 bits per heavy atom. The van der Waals surface area contributed by atoms with Crippen LogP contribution < -0.4 is 0 Å². The fraction of sp³-hybridized carbons (Fsp3) is 0.222. The highest BCUT2D eigenvalue weighted by molar-refractivity contribution is 5.94. The minimum atomic E-state index is -0.0184. The SMILES string of the molecule is Cc1ccc(C(=O)N(Cc2cccnc2)Cc2nccn2Cc2cc(C)ccc2C)cc1. The van der Waals surface area contributed by atoms with E-state index in [0.717, 1.165) is 23.5 Å². The highest BCUT2D eigenvalue weighted by Gasteiger charge is 2.19. The van der Waals surface area contributed by atoms with E-state index >= 15 is 0 Å². The average Bonchev–Trinajstić information content (AvgIpc) is 3.23.